The molecule has 1 nitrogen and oxygen atoms in total. The molecule has 0 aliphatic heterocycles. The standard InChI is InChI=1S/C13H19ClO/c1-3-9-13(15,4-2)10-11-5-7-12(14)8-6-11/h5-8,15H,3-4,9-10H2,1-2H3. The third kappa shape index (κ3) is 3.84. The largest absolute Gasteiger partial charge is 0.390 e. The Morgan fingerprint density at radius 3 is 2.27 bits per heavy atom. The van der Waals surface area contributed by atoms with Crippen LogP contribution >= 0.6 is 11.6 Å². The van der Waals surface area contributed by atoms with Crippen molar-refractivity contribution in [1.29, 1.82) is 0 Å². The van der Waals surface area contributed by atoms with Crippen LogP contribution in [-0.4, -0.2) is 10.7 Å². The molecule has 0 aliphatic carbocycles. The van der Waals surface area contributed by atoms with Gasteiger partial charge in [-0.15, -0.1) is 0 Å². The van der Waals surface area contributed by atoms with Gasteiger partial charge in [-0.05, 0) is 30.5 Å². The van der Waals surface area contributed by atoms with Gasteiger partial charge in [0.15, 0.2) is 0 Å². The van der Waals surface area contributed by atoms with E-state index in [4.69, 9.17) is 11.6 Å². The topological polar surface area (TPSA) is 20.2 Å². The van der Waals surface area contributed by atoms with Crippen LogP contribution in [0.15, 0.2) is 24.3 Å². The van der Waals surface area contributed by atoms with Crippen molar-refractivity contribution in [2.75, 3.05) is 0 Å². The van der Waals surface area contributed by atoms with Crippen LogP contribution in [0.2, 0.25) is 5.02 Å². The Balaban J connectivity index is 2.70. The van der Waals surface area contributed by atoms with Gasteiger partial charge in [0.1, 0.15) is 0 Å². The highest BCUT2D eigenvalue weighted by Gasteiger charge is 2.23. The van der Waals surface area contributed by atoms with Crippen LogP contribution in [0.5, 0.6) is 0 Å². The fraction of sp³-hybridized carbons (Fsp3) is 0.538. The van der Waals surface area contributed by atoms with Gasteiger partial charge in [-0.1, -0.05) is 44.0 Å². The summed E-state index contributed by atoms with van der Waals surface area (Å²) in [6.45, 7) is 4.13. The smallest absolute Gasteiger partial charge is 0.0685 e. The Kier molecular flexibility index (Phi) is 4.62. The van der Waals surface area contributed by atoms with E-state index >= 15 is 0 Å². The molecule has 1 aromatic rings. The highest BCUT2D eigenvalue weighted by molar-refractivity contribution is 6.30. The Labute approximate surface area is 97.1 Å². The SMILES string of the molecule is CCCC(O)(CC)Cc1ccc(Cl)cc1. The molecule has 0 saturated carbocycles. The highest BCUT2D eigenvalue weighted by atomic mass is 35.5. The van der Waals surface area contributed by atoms with E-state index in [0.717, 1.165) is 29.8 Å². The number of hydrogen-bond acceptors (Lipinski definition) is 1. The van der Waals surface area contributed by atoms with Crippen molar-refractivity contribution in [2.24, 2.45) is 0 Å². The first-order valence-corrected chi connectivity index (χ1v) is 5.94. The van der Waals surface area contributed by atoms with Crippen molar-refractivity contribution < 1.29 is 5.11 Å². The first-order valence-electron chi connectivity index (χ1n) is 5.56. The van der Waals surface area contributed by atoms with Crippen LogP contribution in [0.1, 0.15) is 38.7 Å². The first-order chi connectivity index (χ1) is 7.09. The second kappa shape index (κ2) is 5.53. The molecule has 0 fully saturated rings. The van der Waals surface area contributed by atoms with Crippen molar-refractivity contribution in [3.05, 3.63) is 34.9 Å². The van der Waals surface area contributed by atoms with Crippen LogP contribution in [0.4, 0.5) is 0 Å². The lowest BCUT2D eigenvalue weighted by Crippen LogP contribution is -2.30. The third-order valence-electron chi connectivity index (χ3n) is 2.82. The lowest BCUT2D eigenvalue weighted by molar-refractivity contribution is 0.0271. The summed E-state index contributed by atoms with van der Waals surface area (Å²) < 4.78 is 0. The minimum absolute atomic E-state index is 0.553. The lowest BCUT2D eigenvalue weighted by atomic mass is 9.88. The van der Waals surface area contributed by atoms with Gasteiger partial charge in [-0.25, -0.2) is 0 Å². The maximum Gasteiger partial charge on any atom is 0.0685 e. The third-order valence-corrected chi connectivity index (χ3v) is 3.07. The van der Waals surface area contributed by atoms with Gasteiger partial charge < -0.3 is 5.11 Å². The van der Waals surface area contributed by atoms with Crippen molar-refractivity contribution >= 4 is 11.6 Å². The number of hydrogen-bond donors (Lipinski definition) is 1. The number of aliphatic hydroxyl groups is 1. The van der Waals surface area contributed by atoms with Crippen LogP contribution in [0.3, 0.4) is 0 Å². The average Bonchev–Trinajstić information content (AvgIpc) is 2.22. The Hall–Kier alpha value is -0.530. The molecular formula is C13H19ClO. The van der Waals surface area contributed by atoms with E-state index in [9.17, 15) is 5.11 Å². The zero-order chi connectivity index (χ0) is 11.3. The second-order valence-corrected chi connectivity index (χ2v) is 4.57. The van der Waals surface area contributed by atoms with Crippen LogP contribution in [0, 0.1) is 0 Å². The van der Waals surface area contributed by atoms with Crippen LogP contribution in [-0.2, 0) is 6.42 Å². The summed E-state index contributed by atoms with van der Waals surface area (Å²) in [6.07, 6.45) is 3.38. The number of halogens is 1. The highest BCUT2D eigenvalue weighted by Crippen LogP contribution is 2.23. The van der Waals surface area contributed by atoms with Gasteiger partial charge in [-0.2, -0.15) is 0 Å². The van der Waals surface area contributed by atoms with Crippen molar-refractivity contribution in [3.8, 4) is 0 Å². The average molecular weight is 227 g/mol. The minimum atomic E-state index is -0.553. The molecule has 0 radical (unpaired) electrons. The van der Waals surface area contributed by atoms with Gasteiger partial charge in [-0.3, -0.25) is 0 Å². The summed E-state index contributed by atoms with van der Waals surface area (Å²) in [5.74, 6) is 0. The molecule has 1 unspecified atom stereocenters. The maximum absolute atomic E-state index is 10.3. The van der Waals surface area contributed by atoms with E-state index in [-0.39, 0.29) is 0 Å². The molecule has 1 atom stereocenters. The lowest BCUT2D eigenvalue weighted by Gasteiger charge is -2.26. The molecule has 1 rings (SSSR count). The summed E-state index contributed by atoms with van der Waals surface area (Å²) in [6, 6.07) is 7.72. The molecule has 0 heterocycles. The summed E-state index contributed by atoms with van der Waals surface area (Å²) in [5.41, 5.74) is 0.597. The second-order valence-electron chi connectivity index (χ2n) is 4.13. The zero-order valence-electron chi connectivity index (χ0n) is 9.46. The molecule has 0 bridgehead atoms. The molecule has 0 amide bonds. The molecule has 0 saturated heterocycles. The summed E-state index contributed by atoms with van der Waals surface area (Å²) in [5, 5.41) is 11.1. The molecule has 84 valence electrons. The van der Waals surface area contributed by atoms with E-state index in [1.165, 1.54) is 0 Å². The van der Waals surface area contributed by atoms with Gasteiger partial charge in [0.2, 0.25) is 0 Å². The molecule has 0 aliphatic rings. The molecule has 0 aromatic heterocycles. The molecule has 2 heteroatoms. The zero-order valence-corrected chi connectivity index (χ0v) is 10.2. The molecule has 1 N–H and O–H groups in total. The fourth-order valence-corrected chi connectivity index (χ4v) is 1.96. The molecule has 0 spiro atoms. The van der Waals surface area contributed by atoms with Gasteiger partial charge in [0, 0.05) is 11.4 Å². The monoisotopic (exact) mass is 226 g/mol. The Bertz CT molecular complexity index is 294. The number of rotatable bonds is 5. The summed E-state index contributed by atoms with van der Waals surface area (Å²) in [7, 11) is 0. The van der Waals surface area contributed by atoms with Gasteiger partial charge in [0.05, 0.1) is 5.60 Å². The van der Waals surface area contributed by atoms with Crippen molar-refractivity contribution in [2.45, 2.75) is 45.1 Å². The van der Waals surface area contributed by atoms with Crippen LogP contribution in [0.25, 0.3) is 0 Å². The Morgan fingerprint density at radius 1 is 1.20 bits per heavy atom. The van der Waals surface area contributed by atoms with Crippen molar-refractivity contribution in [3.63, 3.8) is 0 Å². The molecule has 15 heavy (non-hydrogen) atoms. The van der Waals surface area contributed by atoms with E-state index < -0.39 is 5.60 Å². The Morgan fingerprint density at radius 2 is 1.80 bits per heavy atom. The molecular weight excluding hydrogens is 208 g/mol. The predicted octanol–water partition coefficient (Wildman–Crippen LogP) is 3.82. The van der Waals surface area contributed by atoms with E-state index in [0.29, 0.717) is 6.42 Å². The van der Waals surface area contributed by atoms with Crippen molar-refractivity contribution in [1.82, 2.24) is 0 Å². The maximum atomic E-state index is 10.3. The summed E-state index contributed by atoms with van der Waals surface area (Å²) >= 11 is 5.82. The predicted molar refractivity (Wildman–Crippen MR) is 65.3 cm³/mol. The van der Waals surface area contributed by atoms with Gasteiger partial charge >= 0.3 is 0 Å². The van der Waals surface area contributed by atoms with Crippen LogP contribution < -0.4 is 0 Å². The number of benzene rings is 1. The van der Waals surface area contributed by atoms with Gasteiger partial charge in [0.25, 0.3) is 0 Å². The quantitative estimate of drug-likeness (QED) is 0.809. The summed E-state index contributed by atoms with van der Waals surface area (Å²) in [4.78, 5) is 0. The fourth-order valence-electron chi connectivity index (χ4n) is 1.84. The normalized spacial score (nSPS) is 14.9. The minimum Gasteiger partial charge on any atom is -0.390 e. The van der Waals surface area contributed by atoms with E-state index in [2.05, 4.69) is 6.92 Å². The van der Waals surface area contributed by atoms with E-state index in [1.54, 1.807) is 0 Å². The van der Waals surface area contributed by atoms with E-state index in [1.807, 2.05) is 31.2 Å². The first kappa shape index (κ1) is 12.5. The molecule has 1 aromatic carbocycles.